The van der Waals surface area contributed by atoms with Crippen molar-refractivity contribution in [2.75, 3.05) is 32.9 Å². The lowest BCUT2D eigenvalue weighted by Crippen LogP contribution is -2.56. The number of carbonyl (C=O) groups excluding carboxylic acids is 2. The van der Waals surface area contributed by atoms with Crippen LogP contribution in [0, 0.1) is 17.3 Å². The van der Waals surface area contributed by atoms with Crippen molar-refractivity contribution in [3.8, 4) is 5.75 Å². The highest BCUT2D eigenvalue weighted by Crippen LogP contribution is 2.38. The summed E-state index contributed by atoms with van der Waals surface area (Å²) >= 11 is 0. The number of rotatable bonds is 8. The standard InChI is InChI=1S/C32H53N3O4/c1-6-39-29-13-9-8-12-26(29)22-35-17-15-32(16-18-35)14-10-7-11-19-38-23-27(20-24(2)3)33-30(36)28(21-25(4)5)34-31(32)37/h8-9,12-13,24-25,27-28H,6-7,10-11,14-23H2,1-5H3,(H,33,36)(H,34,37)/t27-,28-/m0/s1. The van der Waals surface area contributed by atoms with E-state index in [1.165, 1.54) is 5.56 Å². The molecular formula is C32H53N3O4. The van der Waals surface area contributed by atoms with Gasteiger partial charge >= 0.3 is 0 Å². The molecule has 2 saturated heterocycles. The minimum atomic E-state index is -0.525. The zero-order valence-electron chi connectivity index (χ0n) is 25.1. The Morgan fingerprint density at radius 1 is 0.974 bits per heavy atom. The van der Waals surface area contributed by atoms with Crippen LogP contribution < -0.4 is 15.4 Å². The summed E-state index contributed by atoms with van der Waals surface area (Å²) in [7, 11) is 0. The molecule has 0 unspecified atom stereocenters. The van der Waals surface area contributed by atoms with Gasteiger partial charge in [0.15, 0.2) is 0 Å². The van der Waals surface area contributed by atoms with Gasteiger partial charge in [-0.1, -0.05) is 58.7 Å². The van der Waals surface area contributed by atoms with Crippen molar-refractivity contribution in [2.24, 2.45) is 17.3 Å². The van der Waals surface area contributed by atoms with Crippen LogP contribution in [0.3, 0.4) is 0 Å². The zero-order valence-corrected chi connectivity index (χ0v) is 25.1. The number of benzene rings is 1. The largest absolute Gasteiger partial charge is 0.494 e. The number of para-hydroxylation sites is 1. The number of ether oxygens (including phenoxy) is 2. The van der Waals surface area contributed by atoms with Crippen molar-refractivity contribution >= 4 is 11.8 Å². The molecule has 2 N–H and O–H groups in total. The third-order valence-corrected chi connectivity index (χ3v) is 8.16. The number of nitrogens with zero attached hydrogens (tertiary/aromatic N) is 1. The number of likely N-dealkylation sites (tertiary alicyclic amines) is 1. The molecule has 2 amide bonds. The van der Waals surface area contributed by atoms with E-state index in [9.17, 15) is 9.59 Å². The molecule has 2 heterocycles. The van der Waals surface area contributed by atoms with E-state index in [0.717, 1.165) is 70.3 Å². The summed E-state index contributed by atoms with van der Waals surface area (Å²) in [6, 6.07) is 7.67. The Hall–Kier alpha value is -2.12. The first kappa shape index (κ1) is 31.4. The van der Waals surface area contributed by atoms with Gasteiger partial charge in [0.1, 0.15) is 11.8 Å². The van der Waals surface area contributed by atoms with Crippen molar-refractivity contribution in [3.63, 3.8) is 0 Å². The van der Waals surface area contributed by atoms with Crippen LogP contribution in [0.25, 0.3) is 0 Å². The molecule has 1 aromatic carbocycles. The molecule has 0 bridgehead atoms. The summed E-state index contributed by atoms with van der Waals surface area (Å²) in [5.41, 5.74) is 0.753. The monoisotopic (exact) mass is 543 g/mol. The van der Waals surface area contributed by atoms with Crippen LogP contribution in [0.5, 0.6) is 5.75 Å². The Morgan fingerprint density at radius 3 is 2.38 bits per heavy atom. The Balaban J connectivity index is 1.74. The molecule has 2 aliphatic heterocycles. The molecule has 2 aliphatic rings. The van der Waals surface area contributed by atoms with Gasteiger partial charge in [-0.25, -0.2) is 0 Å². The van der Waals surface area contributed by atoms with Gasteiger partial charge in [-0.15, -0.1) is 0 Å². The molecule has 7 heteroatoms. The van der Waals surface area contributed by atoms with Crippen LogP contribution in [0.4, 0.5) is 0 Å². The van der Waals surface area contributed by atoms with Crippen molar-refractivity contribution in [3.05, 3.63) is 29.8 Å². The molecule has 0 saturated carbocycles. The molecule has 1 spiro atoms. The number of amides is 2. The van der Waals surface area contributed by atoms with E-state index in [1.807, 2.05) is 19.1 Å². The number of piperidine rings is 1. The Morgan fingerprint density at radius 2 is 1.69 bits per heavy atom. The highest BCUT2D eigenvalue weighted by Gasteiger charge is 2.42. The van der Waals surface area contributed by atoms with Crippen LogP contribution in [-0.4, -0.2) is 61.7 Å². The highest BCUT2D eigenvalue weighted by atomic mass is 16.5. The van der Waals surface area contributed by atoms with Crippen molar-refractivity contribution in [1.29, 1.82) is 0 Å². The molecule has 3 rings (SSSR count). The SMILES string of the molecule is CCOc1ccccc1CN1CCC2(CCCCCOC[C@H](CC(C)C)NC(=O)[C@H](CC(C)C)NC2=O)CC1. The first-order chi connectivity index (χ1) is 18.7. The average Bonchev–Trinajstić information content (AvgIpc) is 2.88. The molecule has 1 aromatic rings. The summed E-state index contributed by atoms with van der Waals surface area (Å²) in [6.45, 7) is 15.0. The lowest BCUT2D eigenvalue weighted by Gasteiger charge is -2.42. The molecule has 0 aliphatic carbocycles. The fourth-order valence-corrected chi connectivity index (χ4v) is 6.03. The minimum absolute atomic E-state index is 0.0382. The molecule has 220 valence electrons. The number of carbonyl (C=O) groups is 2. The normalized spacial score (nSPS) is 23.9. The summed E-state index contributed by atoms with van der Waals surface area (Å²) in [5.74, 6) is 1.67. The Kier molecular flexibility index (Phi) is 12.6. The summed E-state index contributed by atoms with van der Waals surface area (Å²) < 4.78 is 11.8. The van der Waals surface area contributed by atoms with Gasteiger partial charge in [-0.3, -0.25) is 14.5 Å². The van der Waals surface area contributed by atoms with E-state index >= 15 is 0 Å². The summed E-state index contributed by atoms with van der Waals surface area (Å²) in [5, 5.41) is 6.47. The zero-order chi connectivity index (χ0) is 28.3. The van der Waals surface area contributed by atoms with Crippen LogP contribution >= 0.6 is 0 Å². The second-order valence-corrected chi connectivity index (χ2v) is 12.5. The fourth-order valence-electron chi connectivity index (χ4n) is 6.03. The third kappa shape index (κ3) is 9.78. The quantitative estimate of drug-likeness (QED) is 0.464. The molecular weight excluding hydrogens is 490 g/mol. The van der Waals surface area contributed by atoms with E-state index in [4.69, 9.17) is 9.47 Å². The highest BCUT2D eigenvalue weighted by molar-refractivity contribution is 5.90. The van der Waals surface area contributed by atoms with Gasteiger partial charge in [0.05, 0.1) is 24.7 Å². The van der Waals surface area contributed by atoms with E-state index < -0.39 is 11.5 Å². The minimum Gasteiger partial charge on any atom is -0.494 e. The first-order valence-corrected chi connectivity index (χ1v) is 15.3. The van der Waals surface area contributed by atoms with Crippen LogP contribution in [0.1, 0.15) is 91.5 Å². The molecule has 7 nitrogen and oxygen atoms in total. The summed E-state index contributed by atoms with van der Waals surface area (Å²) in [4.78, 5) is 29.9. The van der Waals surface area contributed by atoms with Crippen LogP contribution in [0.15, 0.2) is 24.3 Å². The lowest BCUT2D eigenvalue weighted by atomic mass is 9.73. The van der Waals surface area contributed by atoms with E-state index in [0.29, 0.717) is 38.1 Å². The maximum Gasteiger partial charge on any atom is 0.242 e. The second kappa shape index (κ2) is 15.6. The number of hydrogen-bond donors (Lipinski definition) is 2. The van der Waals surface area contributed by atoms with Crippen LogP contribution in [-0.2, 0) is 20.9 Å². The molecule has 39 heavy (non-hydrogen) atoms. The van der Waals surface area contributed by atoms with Gasteiger partial charge in [0, 0.05) is 18.7 Å². The predicted molar refractivity (Wildman–Crippen MR) is 157 cm³/mol. The molecule has 0 radical (unpaired) electrons. The van der Waals surface area contributed by atoms with Gasteiger partial charge in [0.2, 0.25) is 11.8 Å². The van der Waals surface area contributed by atoms with Crippen LogP contribution in [0.2, 0.25) is 0 Å². The predicted octanol–water partition coefficient (Wildman–Crippen LogP) is 5.32. The van der Waals surface area contributed by atoms with Gasteiger partial charge < -0.3 is 20.1 Å². The molecule has 2 atom stereocenters. The molecule has 2 fully saturated rings. The maximum absolute atomic E-state index is 14.0. The fraction of sp³-hybridized carbons (Fsp3) is 0.750. The van der Waals surface area contributed by atoms with Crippen molar-refractivity contribution in [1.82, 2.24) is 15.5 Å². The second-order valence-electron chi connectivity index (χ2n) is 12.5. The van der Waals surface area contributed by atoms with Crippen molar-refractivity contribution < 1.29 is 19.1 Å². The van der Waals surface area contributed by atoms with E-state index in [2.05, 4.69) is 55.4 Å². The number of nitrogens with one attached hydrogen (secondary N) is 2. The van der Waals surface area contributed by atoms with Gasteiger partial charge in [0.25, 0.3) is 0 Å². The summed E-state index contributed by atoms with van der Waals surface area (Å²) in [6.07, 6.45) is 6.99. The first-order valence-electron chi connectivity index (χ1n) is 15.3. The van der Waals surface area contributed by atoms with Crippen molar-refractivity contribution in [2.45, 2.75) is 105 Å². The Bertz CT molecular complexity index is 895. The third-order valence-electron chi connectivity index (χ3n) is 8.16. The maximum atomic E-state index is 14.0. The smallest absolute Gasteiger partial charge is 0.242 e. The topological polar surface area (TPSA) is 79.9 Å². The number of hydrogen-bond acceptors (Lipinski definition) is 5. The van der Waals surface area contributed by atoms with E-state index in [-0.39, 0.29) is 17.9 Å². The Labute approximate surface area is 236 Å². The lowest BCUT2D eigenvalue weighted by molar-refractivity contribution is -0.139. The van der Waals surface area contributed by atoms with E-state index in [1.54, 1.807) is 0 Å². The average molecular weight is 544 g/mol. The van der Waals surface area contributed by atoms with Gasteiger partial charge in [-0.2, -0.15) is 0 Å². The molecule has 0 aromatic heterocycles. The van der Waals surface area contributed by atoms with Gasteiger partial charge in [-0.05, 0) is 76.4 Å².